The second-order valence-electron chi connectivity index (χ2n) is 8.54. The topological polar surface area (TPSA) is 71.1 Å². The molecule has 0 amide bonds. The first-order chi connectivity index (χ1) is 14.2. The summed E-state index contributed by atoms with van der Waals surface area (Å²) in [6.07, 6.45) is -1.49. The van der Waals surface area contributed by atoms with Crippen LogP contribution >= 0.6 is 25.5 Å². The van der Waals surface area contributed by atoms with E-state index < -0.39 is 37.3 Å². The minimum absolute atomic E-state index is 0.401. The molecule has 31 heavy (non-hydrogen) atoms. The molecule has 0 atom stereocenters. The van der Waals surface area contributed by atoms with Gasteiger partial charge in [0.2, 0.25) is 0 Å². The molecule has 0 fully saturated rings. The van der Waals surface area contributed by atoms with Gasteiger partial charge in [0.15, 0.2) is 0 Å². The summed E-state index contributed by atoms with van der Waals surface area (Å²) in [7, 11) is 0. The number of carbonyl (C=O) groups excluding carboxylic acids is 2. The first-order valence-electron chi connectivity index (χ1n) is 9.40. The fourth-order valence-corrected chi connectivity index (χ4v) is 11.5. The van der Waals surface area contributed by atoms with Gasteiger partial charge in [-0.2, -0.15) is 0 Å². The Morgan fingerprint density at radius 3 is 1.19 bits per heavy atom. The van der Waals surface area contributed by atoms with Gasteiger partial charge in [-0.1, -0.05) is 0 Å². The summed E-state index contributed by atoms with van der Waals surface area (Å²) >= 11 is 4.75. The van der Waals surface area contributed by atoms with Crippen LogP contribution in [0.2, 0.25) is 0 Å². The van der Waals surface area contributed by atoms with Crippen LogP contribution in [0.25, 0.3) is 0 Å². The number of rotatable bonds is 4. The molecule has 0 radical (unpaired) electrons. The Labute approximate surface area is 199 Å². The predicted molar refractivity (Wildman–Crippen MR) is 129 cm³/mol. The number of carbonyl (C=O) groups is 2. The van der Waals surface area contributed by atoms with Crippen LogP contribution in [0, 0.1) is 0 Å². The van der Waals surface area contributed by atoms with E-state index in [1.54, 1.807) is 65.8 Å². The van der Waals surface area contributed by atoms with Crippen LogP contribution in [0.5, 0.6) is 11.5 Å². The standard InChI is InChI=1S/C22H26Br2O6Te/c1-21(2,3)29-19(25)27-15-7-11-17(12-8-15)31(23,24)18-13-9-16(10-14-18)28-20(26)30-22(4,5)6/h7-14H,1-6H3. The zero-order chi connectivity index (χ0) is 23.4. The fraction of sp³-hybridized carbons (Fsp3) is 0.364. The average Bonchev–Trinajstić information content (AvgIpc) is 2.59. The van der Waals surface area contributed by atoms with Gasteiger partial charge in [-0.3, -0.25) is 0 Å². The van der Waals surface area contributed by atoms with Crippen LogP contribution in [0.15, 0.2) is 48.5 Å². The summed E-state index contributed by atoms with van der Waals surface area (Å²) < 4.78 is 22.9. The number of benzene rings is 2. The van der Waals surface area contributed by atoms with E-state index in [4.69, 9.17) is 18.9 Å². The number of ether oxygens (including phenoxy) is 4. The second-order valence-corrected chi connectivity index (χ2v) is 32.8. The molecule has 0 unspecified atom stereocenters. The van der Waals surface area contributed by atoms with Crippen LogP contribution in [0.1, 0.15) is 41.5 Å². The van der Waals surface area contributed by atoms with Crippen molar-refractivity contribution in [3.8, 4) is 11.5 Å². The maximum absolute atomic E-state index is 11.8. The molecule has 2 aromatic carbocycles. The first kappa shape index (κ1) is 26.0. The van der Waals surface area contributed by atoms with Gasteiger partial charge in [-0.05, 0) is 0 Å². The molecular formula is C22H26Br2O6Te. The van der Waals surface area contributed by atoms with Crippen molar-refractivity contribution in [3.63, 3.8) is 0 Å². The van der Waals surface area contributed by atoms with Crippen LogP contribution in [0.3, 0.4) is 0 Å². The Kier molecular flexibility index (Phi) is 8.48. The zero-order valence-corrected chi connectivity index (χ0v) is 23.7. The van der Waals surface area contributed by atoms with Gasteiger partial charge < -0.3 is 0 Å². The number of hydrogen-bond acceptors (Lipinski definition) is 6. The molecule has 0 bridgehead atoms. The Morgan fingerprint density at radius 1 is 0.645 bits per heavy atom. The summed E-state index contributed by atoms with van der Waals surface area (Å²) in [6, 6.07) is 14.5. The summed E-state index contributed by atoms with van der Waals surface area (Å²) in [5, 5.41) is 0. The molecule has 0 aliphatic rings. The third-order valence-electron chi connectivity index (χ3n) is 3.42. The van der Waals surface area contributed by atoms with E-state index in [9.17, 15) is 9.59 Å². The van der Waals surface area contributed by atoms with Crippen LogP contribution in [-0.4, -0.2) is 37.3 Å². The van der Waals surface area contributed by atoms with Crippen molar-refractivity contribution in [2.45, 2.75) is 52.7 Å². The third-order valence-corrected chi connectivity index (χ3v) is 18.4. The van der Waals surface area contributed by atoms with Crippen molar-refractivity contribution < 1.29 is 28.5 Å². The van der Waals surface area contributed by atoms with Gasteiger partial charge in [0, 0.05) is 0 Å². The van der Waals surface area contributed by atoms with E-state index in [1.165, 1.54) is 0 Å². The van der Waals surface area contributed by atoms with E-state index in [-0.39, 0.29) is 0 Å². The number of hydrogen-bond donors (Lipinski definition) is 0. The molecule has 0 aromatic heterocycles. The summed E-state index contributed by atoms with van der Waals surface area (Å²) in [5.74, 6) is 0.801. The van der Waals surface area contributed by atoms with E-state index in [1.807, 2.05) is 24.3 Å². The van der Waals surface area contributed by atoms with Crippen molar-refractivity contribution in [2.24, 2.45) is 0 Å². The molecule has 9 heteroatoms. The summed E-state index contributed by atoms with van der Waals surface area (Å²) in [4.78, 5) is 23.6. The van der Waals surface area contributed by atoms with Crippen molar-refractivity contribution in [3.05, 3.63) is 48.5 Å². The van der Waals surface area contributed by atoms with E-state index in [0.717, 1.165) is 7.22 Å². The van der Waals surface area contributed by atoms with Crippen LogP contribution in [0.4, 0.5) is 9.59 Å². The first-order valence-corrected chi connectivity index (χ1v) is 22.2. The van der Waals surface area contributed by atoms with Crippen molar-refractivity contribution in [1.82, 2.24) is 0 Å². The van der Waals surface area contributed by atoms with Crippen molar-refractivity contribution >= 4 is 58.8 Å². The molecule has 2 aromatic rings. The predicted octanol–water partition coefficient (Wildman–Crippen LogP) is 5.66. The third kappa shape index (κ3) is 8.64. The normalized spacial score (nSPS) is 12.6. The Bertz CT molecular complexity index is 838. The second kappa shape index (κ2) is 10.1. The summed E-state index contributed by atoms with van der Waals surface area (Å²) in [6.45, 7) is 10.7. The van der Waals surface area contributed by atoms with Gasteiger partial charge >= 0.3 is 200 Å². The van der Waals surface area contributed by atoms with Crippen molar-refractivity contribution in [1.29, 1.82) is 0 Å². The maximum atomic E-state index is 11.8. The Hall–Kier alpha value is -1.27. The van der Waals surface area contributed by atoms with Gasteiger partial charge in [0.25, 0.3) is 0 Å². The molecule has 0 aliphatic carbocycles. The Balaban J connectivity index is 2.07. The summed E-state index contributed by atoms with van der Waals surface area (Å²) in [5.41, 5.74) is -1.24. The molecule has 0 N–H and O–H groups in total. The molecule has 2 rings (SSSR count). The molecule has 170 valence electrons. The molecule has 0 heterocycles. The monoisotopic (exact) mass is 674 g/mol. The van der Waals surface area contributed by atoms with Crippen LogP contribution < -0.4 is 16.7 Å². The molecule has 0 aliphatic heterocycles. The van der Waals surface area contributed by atoms with Gasteiger partial charge in [0.1, 0.15) is 0 Å². The minimum atomic E-state index is -2.99. The molecule has 0 spiro atoms. The van der Waals surface area contributed by atoms with Gasteiger partial charge in [0.05, 0.1) is 0 Å². The van der Waals surface area contributed by atoms with E-state index >= 15 is 0 Å². The van der Waals surface area contributed by atoms with Crippen LogP contribution in [-0.2, 0) is 9.47 Å². The molecular weight excluding hydrogens is 648 g/mol. The van der Waals surface area contributed by atoms with Crippen molar-refractivity contribution in [2.75, 3.05) is 0 Å². The molecule has 0 saturated heterocycles. The quantitative estimate of drug-likeness (QED) is 0.237. The zero-order valence-electron chi connectivity index (χ0n) is 18.2. The van der Waals surface area contributed by atoms with E-state index in [0.29, 0.717) is 11.5 Å². The molecule has 0 saturated carbocycles. The molecule has 6 nitrogen and oxygen atoms in total. The van der Waals surface area contributed by atoms with Gasteiger partial charge in [-0.15, -0.1) is 0 Å². The average molecular weight is 674 g/mol. The Morgan fingerprint density at radius 2 is 0.935 bits per heavy atom. The van der Waals surface area contributed by atoms with E-state index in [2.05, 4.69) is 25.5 Å². The SMILES string of the molecule is CC(C)(C)OC(=O)Oc1ccc([Te](Br)(Br)c2ccc(OC(=O)OC(C)(C)C)cc2)cc1. The number of halogens is 2. The van der Waals surface area contributed by atoms with Gasteiger partial charge in [-0.25, -0.2) is 0 Å². The fourth-order valence-electron chi connectivity index (χ4n) is 2.23.